The Bertz CT molecular complexity index is 518. The van der Waals surface area contributed by atoms with Crippen LogP contribution in [0.3, 0.4) is 0 Å². The summed E-state index contributed by atoms with van der Waals surface area (Å²) in [7, 11) is 1.66. The Morgan fingerprint density at radius 3 is 2.28 bits per heavy atom. The summed E-state index contributed by atoms with van der Waals surface area (Å²) in [6.07, 6.45) is 0. The van der Waals surface area contributed by atoms with Crippen molar-refractivity contribution in [3.63, 3.8) is 0 Å². The Labute approximate surface area is 107 Å². The molecule has 2 aromatic carbocycles. The van der Waals surface area contributed by atoms with E-state index >= 15 is 0 Å². The molecule has 0 bridgehead atoms. The maximum absolute atomic E-state index is 5.12. The van der Waals surface area contributed by atoms with Gasteiger partial charge < -0.3 is 4.74 Å². The summed E-state index contributed by atoms with van der Waals surface area (Å²) < 4.78 is 5.12. The van der Waals surface area contributed by atoms with Gasteiger partial charge in [0.2, 0.25) is 0 Å². The Morgan fingerprint density at radius 2 is 1.67 bits per heavy atom. The normalized spacial score (nSPS) is 11.1. The predicted octanol–water partition coefficient (Wildman–Crippen LogP) is 3.53. The first-order valence-electron chi connectivity index (χ1n) is 5.79. The lowest BCUT2D eigenvalue weighted by atomic mass is 10.1. The minimum atomic E-state index is 0.850. The second-order valence-corrected chi connectivity index (χ2v) is 3.90. The third-order valence-electron chi connectivity index (χ3n) is 2.63. The number of hydrogen-bond donors (Lipinski definition) is 1. The van der Waals surface area contributed by atoms with Gasteiger partial charge in [0.25, 0.3) is 0 Å². The van der Waals surface area contributed by atoms with Crippen LogP contribution >= 0.6 is 0 Å². The largest absolute Gasteiger partial charge is 0.497 e. The molecule has 0 heterocycles. The van der Waals surface area contributed by atoms with Crippen molar-refractivity contribution in [2.75, 3.05) is 12.5 Å². The number of benzene rings is 2. The fourth-order valence-electron chi connectivity index (χ4n) is 1.56. The van der Waals surface area contributed by atoms with Crippen molar-refractivity contribution in [2.24, 2.45) is 5.10 Å². The molecule has 2 rings (SSSR count). The SMILES string of the molecule is COc1ccc(/C(C)=N/Nc2ccccc2)cc1. The fourth-order valence-corrected chi connectivity index (χ4v) is 1.56. The van der Waals surface area contributed by atoms with Crippen LogP contribution in [0.1, 0.15) is 12.5 Å². The van der Waals surface area contributed by atoms with Crippen molar-refractivity contribution in [3.05, 3.63) is 60.2 Å². The summed E-state index contributed by atoms with van der Waals surface area (Å²) >= 11 is 0. The van der Waals surface area contributed by atoms with Crippen LogP contribution in [0.15, 0.2) is 59.7 Å². The van der Waals surface area contributed by atoms with E-state index in [4.69, 9.17) is 4.74 Å². The van der Waals surface area contributed by atoms with Crippen molar-refractivity contribution >= 4 is 11.4 Å². The van der Waals surface area contributed by atoms with Gasteiger partial charge in [-0.25, -0.2) is 0 Å². The average Bonchev–Trinajstić information content (AvgIpc) is 2.46. The van der Waals surface area contributed by atoms with E-state index in [2.05, 4.69) is 10.5 Å². The van der Waals surface area contributed by atoms with Crippen molar-refractivity contribution in [3.8, 4) is 5.75 Å². The van der Waals surface area contributed by atoms with Crippen LogP contribution in [0.4, 0.5) is 5.69 Å². The fraction of sp³-hybridized carbons (Fsp3) is 0.133. The minimum Gasteiger partial charge on any atom is -0.497 e. The van der Waals surface area contributed by atoms with Crippen molar-refractivity contribution in [1.29, 1.82) is 0 Å². The summed E-state index contributed by atoms with van der Waals surface area (Å²) in [5.41, 5.74) is 6.01. The van der Waals surface area contributed by atoms with Gasteiger partial charge in [0.1, 0.15) is 5.75 Å². The van der Waals surface area contributed by atoms with Gasteiger partial charge in [0.05, 0.1) is 18.5 Å². The Balaban J connectivity index is 2.08. The quantitative estimate of drug-likeness (QED) is 0.655. The summed E-state index contributed by atoms with van der Waals surface area (Å²) in [6.45, 7) is 1.97. The molecule has 0 saturated carbocycles. The van der Waals surface area contributed by atoms with E-state index in [1.54, 1.807) is 7.11 Å². The van der Waals surface area contributed by atoms with E-state index in [1.807, 2.05) is 61.5 Å². The molecule has 0 atom stereocenters. The van der Waals surface area contributed by atoms with Gasteiger partial charge in [-0.15, -0.1) is 0 Å². The maximum Gasteiger partial charge on any atom is 0.118 e. The summed E-state index contributed by atoms with van der Waals surface area (Å²) in [5.74, 6) is 0.850. The van der Waals surface area contributed by atoms with Crippen LogP contribution in [-0.2, 0) is 0 Å². The zero-order chi connectivity index (χ0) is 12.8. The van der Waals surface area contributed by atoms with Gasteiger partial charge in [0.15, 0.2) is 0 Å². The molecule has 3 heteroatoms. The van der Waals surface area contributed by atoms with Crippen LogP contribution in [0.25, 0.3) is 0 Å². The van der Waals surface area contributed by atoms with Crippen molar-refractivity contribution < 1.29 is 4.74 Å². The number of hydrogen-bond acceptors (Lipinski definition) is 3. The highest BCUT2D eigenvalue weighted by molar-refractivity contribution is 5.99. The van der Waals surface area contributed by atoms with Crippen molar-refractivity contribution in [1.82, 2.24) is 0 Å². The zero-order valence-corrected chi connectivity index (χ0v) is 10.6. The molecule has 18 heavy (non-hydrogen) atoms. The molecular weight excluding hydrogens is 224 g/mol. The molecule has 0 aliphatic carbocycles. The standard InChI is InChI=1S/C15H16N2O/c1-12(13-8-10-15(18-2)11-9-13)16-17-14-6-4-3-5-7-14/h3-11,17H,1-2H3/b16-12+. The average molecular weight is 240 g/mol. The lowest BCUT2D eigenvalue weighted by molar-refractivity contribution is 0.415. The summed E-state index contributed by atoms with van der Waals surface area (Å²) in [4.78, 5) is 0. The molecule has 1 N–H and O–H groups in total. The van der Waals surface area contributed by atoms with Gasteiger partial charge in [-0.1, -0.05) is 18.2 Å². The molecule has 0 unspecified atom stereocenters. The van der Waals surface area contributed by atoms with E-state index < -0.39 is 0 Å². The van der Waals surface area contributed by atoms with Crippen LogP contribution in [0.2, 0.25) is 0 Å². The molecule has 0 spiro atoms. The molecule has 92 valence electrons. The number of rotatable bonds is 4. The molecule has 0 radical (unpaired) electrons. The predicted molar refractivity (Wildman–Crippen MR) is 75.3 cm³/mol. The topological polar surface area (TPSA) is 33.6 Å². The Hall–Kier alpha value is -2.29. The van der Waals surface area contributed by atoms with Gasteiger partial charge in [-0.2, -0.15) is 5.10 Å². The second-order valence-electron chi connectivity index (χ2n) is 3.90. The second kappa shape index (κ2) is 5.87. The number of hydrazone groups is 1. The number of para-hydroxylation sites is 1. The first kappa shape index (κ1) is 12.2. The summed E-state index contributed by atoms with van der Waals surface area (Å²) in [5, 5.41) is 4.35. The molecule has 0 saturated heterocycles. The minimum absolute atomic E-state index is 0.850. The van der Waals surface area contributed by atoms with E-state index in [-0.39, 0.29) is 0 Å². The van der Waals surface area contributed by atoms with E-state index in [0.29, 0.717) is 0 Å². The number of methoxy groups -OCH3 is 1. The molecule has 0 aromatic heterocycles. The number of nitrogens with one attached hydrogen (secondary N) is 1. The molecular formula is C15H16N2O. The molecule has 0 aliphatic heterocycles. The first-order valence-corrected chi connectivity index (χ1v) is 5.79. The lowest BCUT2D eigenvalue weighted by Gasteiger charge is -2.04. The van der Waals surface area contributed by atoms with E-state index in [0.717, 1.165) is 22.7 Å². The highest BCUT2D eigenvalue weighted by Gasteiger charge is 1.98. The van der Waals surface area contributed by atoms with Gasteiger partial charge in [-0.3, -0.25) is 5.43 Å². The summed E-state index contributed by atoms with van der Waals surface area (Å²) in [6, 6.07) is 17.7. The van der Waals surface area contributed by atoms with Crippen LogP contribution in [0, 0.1) is 0 Å². The first-order chi connectivity index (χ1) is 8.79. The molecule has 0 aliphatic rings. The Kier molecular flexibility index (Phi) is 3.97. The third kappa shape index (κ3) is 3.10. The molecule has 2 aromatic rings. The smallest absolute Gasteiger partial charge is 0.118 e. The maximum atomic E-state index is 5.12. The molecule has 0 amide bonds. The highest BCUT2D eigenvalue weighted by atomic mass is 16.5. The lowest BCUT2D eigenvalue weighted by Crippen LogP contribution is -1.99. The van der Waals surface area contributed by atoms with Crippen LogP contribution < -0.4 is 10.2 Å². The monoisotopic (exact) mass is 240 g/mol. The van der Waals surface area contributed by atoms with Crippen LogP contribution in [-0.4, -0.2) is 12.8 Å². The zero-order valence-electron chi connectivity index (χ0n) is 10.6. The van der Waals surface area contributed by atoms with E-state index in [9.17, 15) is 0 Å². The molecule has 3 nitrogen and oxygen atoms in total. The Morgan fingerprint density at radius 1 is 1.00 bits per heavy atom. The molecule has 0 fully saturated rings. The highest BCUT2D eigenvalue weighted by Crippen LogP contribution is 2.12. The number of ether oxygens (including phenoxy) is 1. The van der Waals surface area contributed by atoms with Gasteiger partial charge in [-0.05, 0) is 48.9 Å². The van der Waals surface area contributed by atoms with Crippen molar-refractivity contribution in [2.45, 2.75) is 6.92 Å². The number of anilines is 1. The van der Waals surface area contributed by atoms with Crippen LogP contribution in [0.5, 0.6) is 5.75 Å². The van der Waals surface area contributed by atoms with Gasteiger partial charge in [0, 0.05) is 0 Å². The van der Waals surface area contributed by atoms with Gasteiger partial charge >= 0.3 is 0 Å². The van der Waals surface area contributed by atoms with E-state index in [1.165, 1.54) is 0 Å². The third-order valence-corrected chi connectivity index (χ3v) is 2.63. The number of nitrogens with zero attached hydrogens (tertiary/aromatic N) is 1.